The van der Waals surface area contributed by atoms with Crippen molar-refractivity contribution in [1.82, 2.24) is 4.90 Å². The van der Waals surface area contributed by atoms with Gasteiger partial charge in [0.2, 0.25) is 5.91 Å². The third kappa shape index (κ3) is 4.84. The van der Waals surface area contributed by atoms with Crippen LogP contribution in [0.15, 0.2) is 0 Å². The molecular weight excluding hydrogens is 352 g/mol. The van der Waals surface area contributed by atoms with Crippen molar-refractivity contribution in [2.45, 2.75) is 59.4 Å². The molecule has 0 unspecified atom stereocenters. The number of esters is 1. The number of likely N-dealkylation sites (N-methyl/N-ethyl adjacent to an activating group) is 1. The molecule has 0 radical (unpaired) electrons. The molecule has 1 aromatic rings. The van der Waals surface area contributed by atoms with Crippen molar-refractivity contribution in [3.63, 3.8) is 0 Å². The van der Waals surface area contributed by atoms with Crippen LogP contribution in [0.3, 0.4) is 0 Å². The summed E-state index contributed by atoms with van der Waals surface area (Å²) in [6.07, 6.45) is 4.23. The van der Waals surface area contributed by atoms with Gasteiger partial charge < -0.3 is 15.0 Å². The Morgan fingerprint density at radius 3 is 2.38 bits per heavy atom. The van der Waals surface area contributed by atoms with Crippen molar-refractivity contribution < 1.29 is 19.1 Å². The third-order valence-electron chi connectivity index (χ3n) is 5.13. The second-order valence-corrected chi connectivity index (χ2v) is 8.39. The van der Waals surface area contributed by atoms with E-state index in [0.717, 1.165) is 36.1 Å². The molecule has 1 heterocycles. The zero-order valence-corrected chi connectivity index (χ0v) is 17.0. The van der Waals surface area contributed by atoms with Crippen molar-refractivity contribution in [3.05, 3.63) is 16.0 Å². The van der Waals surface area contributed by atoms with Gasteiger partial charge in [-0.05, 0) is 51.0 Å². The van der Waals surface area contributed by atoms with E-state index >= 15 is 0 Å². The predicted molar refractivity (Wildman–Crippen MR) is 103 cm³/mol. The van der Waals surface area contributed by atoms with Crippen molar-refractivity contribution in [2.75, 3.05) is 19.0 Å². The minimum absolute atomic E-state index is 0.191. The summed E-state index contributed by atoms with van der Waals surface area (Å²) in [6, 6.07) is 0.220. The maximum absolute atomic E-state index is 12.5. The van der Waals surface area contributed by atoms with E-state index in [0.29, 0.717) is 16.5 Å². The van der Waals surface area contributed by atoms with Crippen LogP contribution in [0.4, 0.5) is 5.00 Å². The molecule has 0 saturated heterocycles. The van der Waals surface area contributed by atoms with E-state index in [4.69, 9.17) is 4.74 Å². The summed E-state index contributed by atoms with van der Waals surface area (Å²) in [5.74, 6) is -0.301. The quantitative estimate of drug-likeness (QED) is 0.793. The molecule has 0 atom stereocenters. The van der Waals surface area contributed by atoms with Crippen molar-refractivity contribution in [2.24, 2.45) is 5.92 Å². The number of carbonyl (C=O) groups is 3. The second-order valence-electron chi connectivity index (χ2n) is 7.16. The number of thiophene rings is 1. The van der Waals surface area contributed by atoms with Gasteiger partial charge in [0.1, 0.15) is 5.00 Å². The Morgan fingerprint density at radius 1 is 1.19 bits per heavy atom. The van der Waals surface area contributed by atoms with E-state index in [1.165, 1.54) is 18.3 Å². The number of amides is 2. The minimum Gasteiger partial charge on any atom is -0.452 e. The lowest BCUT2D eigenvalue weighted by molar-refractivity contribution is -0.136. The van der Waals surface area contributed by atoms with E-state index in [2.05, 4.69) is 12.2 Å². The highest BCUT2D eigenvalue weighted by atomic mass is 32.1. The number of carbonyl (C=O) groups excluding carboxylic acids is 3. The van der Waals surface area contributed by atoms with Gasteiger partial charge in [-0.25, -0.2) is 4.79 Å². The number of anilines is 1. The molecule has 1 aromatic heterocycles. The van der Waals surface area contributed by atoms with Gasteiger partial charge in [0, 0.05) is 24.9 Å². The molecule has 1 aliphatic rings. The van der Waals surface area contributed by atoms with E-state index in [1.54, 1.807) is 11.9 Å². The zero-order valence-electron chi connectivity index (χ0n) is 16.2. The number of ether oxygens (including phenoxy) is 1. The van der Waals surface area contributed by atoms with Crippen LogP contribution in [-0.4, -0.2) is 42.4 Å². The van der Waals surface area contributed by atoms with E-state index in [1.807, 2.05) is 13.8 Å². The maximum Gasteiger partial charge on any atom is 0.341 e. The zero-order chi connectivity index (χ0) is 19.4. The lowest BCUT2D eigenvalue weighted by Gasteiger charge is -2.33. The van der Waals surface area contributed by atoms with Crippen LogP contribution in [-0.2, 0) is 14.3 Å². The molecule has 1 aliphatic carbocycles. The Morgan fingerprint density at radius 2 is 1.81 bits per heavy atom. The van der Waals surface area contributed by atoms with Crippen LogP contribution in [0.5, 0.6) is 0 Å². The molecule has 1 fully saturated rings. The maximum atomic E-state index is 12.5. The van der Waals surface area contributed by atoms with E-state index < -0.39 is 5.97 Å². The van der Waals surface area contributed by atoms with Crippen LogP contribution in [0.2, 0.25) is 0 Å². The highest BCUT2D eigenvalue weighted by Gasteiger charge is 2.27. The summed E-state index contributed by atoms with van der Waals surface area (Å²) in [5.41, 5.74) is 1.11. The average Bonchev–Trinajstić information content (AvgIpc) is 2.85. The normalized spacial score (nSPS) is 19.7. The van der Waals surface area contributed by atoms with E-state index in [-0.39, 0.29) is 24.5 Å². The van der Waals surface area contributed by atoms with Gasteiger partial charge in [0.05, 0.1) is 5.56 Å². The van der Waals surface area contributed by atoms with E-state index in [9.17, 15) is 14.4 Å². The number of nitrogens with one attached hydrogen (secondary N) is 1. The smallest absolute Gasteiger partial charge is 0.341 e. The number of aryl methyl sites for hydroxylation is 1. The standard InChI is InChI=1S/C19H28N2O4S/c1-11-6-8-15(9-7-11)21(5)16(23)10-25-19(24)17-12(2)13(3)26-18(17)20-14(4)22/h11,15H,6-10H2,1-5H3,(H,20,22). The van der Waals surface area contributed by atoms with Crippen LogP contribution in [0.25, 0.3) is 0 Å². The predicted octanol–water partition coefficient (Wildman–Crippen LogP) is 3.52. The molecule has 26 heavy (non-hydrogen) atoms. The second kappa shape index (κ2) is 8.66. The molecule has 7 heteroatoms. The summed E-state index contributed by atoms with van der Waals surface area (Å²) in [6.45, 7) is 7.03. The fraction of sp³-hybridized carbons (Fsp3) is 0.632. The van der Waals surface area contributed by atoms with Crippen LogP contribution in [0.1, 0.15) is 60.3 Å². The van der Waals surface area contributed by atoms with Crippen LogP contribution in [0, 0.1) is 19.8 Å². The largest absolute Gasteiger partial charge is 0.452 e. The molecule has 1 N–H and O–H groups in total. The molecule has 2 amide bonds. The monoisotopic (exact) mass is 380 g/mol. The molecule has 0 bridgehead atoms. The molecule has 0 aromatic carbocycles. The van der Waals surface area contributed by atoms with Gasteiger partial charge >= 0.3 is 5.97 Å². The average molecular weight is 381 g/mol. The first-order chi connectivity index (χ1) is 12.2. The SMILES string of the molecule is CC(=O)Nc1sc(C)c(C)c1C(=O)OCC(=O)N(C)C1CCC(C)CC1. The molecule has 2 rings (SSSR count). The first-order valence-corrected chi connectivity index (χ1v) is 9.82. The van der Waals surface area contributed by atoms with Crippen molar-refractivity contribution >= 4 is 34.1 Å². The summed E-state index contributed by atoms with van der Waals surface area (Å²) in [7, 11) is 1.78. The third-order valence-corrected chi connectivity index (χ3v) is 6.25. The summed E-state index contributed by atoms with van der Waals surface area (Å²) >= 11 is 1.33. The number of nitrogens with zero attached hydrogens (tertiary/aromatic N) is 1. The Hall–Kier alpha value is -1.89. The number of hydrogen-bond donors (Lipinski definition) is 1. The summed E-state index contributed by atoms with van der Waals surface area (Å²) < 4.78 is 5.26. The van der Waals surface area contributed by atoms with Crippen LogP contribution < -0.4 is 5.32 Å². The van der Waals surface area contributed by atoms with Gasteiger partial charge in [-0.1, -0.05) is 6.92 Å². The van der Waals surface area contributed by atoms with Gasteiger partial charge in [-0.2, -0.15) is 0 Å². The molecule has 1 saturated carbocycles. The first kappa shape index (κ1) is 20.4. The first-order valence-electron chi connectivity index (χ1n) is 9.01. The Kier molecular flexibility index (Phi) is 6.81. The molecule has 6 nitrogen and oxygen atoms in total. The molecule has 0 spiro atoms. The fourth-order valence-electron chi connectivity index (χ4n) is 3.26. The fourth-order valence-corrected chi connectivity index (χ4v) is 4.35. The van der Waals surface area contributed by atoms with Gasteiger partial charge in [0.25, 0.3) is 5.91 Å². The summed E-state index contributed by atoms with van der Waals surface area (Å²) in [5, 5.41) is 3.14. The summed E-state index contributed by atoms with van der Waals surface area (Å²) in [4.78, 5) is 38.9. The molecule has 0 aliphatic heterocycles. The Bertz CT molecular complexity index is 690. The Labute approximate surface area is 158 Å². The Balaban J connectivity index is 1.98. The number of rotatable bonds is 5. The molecule has 144 valence electrons. The minimum atomic E-state index is -0.574. The van der Waals surface area contributed by atoms with Crippen molar-refractivity contribution in [1.29, 1.82) is 0 Å². The molecular formula is C19H28N2O4S. The lowest BCUT2D eigenvalue weighted by atomic mass is 9.87. The van der Waals surface area contributed by atoms with Gasteiger partial charge in [0.15, 0.2) is 6.61 Å². The number of hydrogen-bond acceptors (Lipinski definition) is 5. The lowest BCUT2D eigenvalue weighted by Crippen LogP contribution is -2.41. The van der Waals surface area contributed by atoms with Gasteiger partial charge in [-0.3, -0.25) is 9.59 Å². The van der Waals surface area contributed by atoms with Crippen molar-refractivity contribution in [3.8, 4) is 0 Å². The highest BCUT2D eigenvalue weighted by molar-refractivity contribution is 7.16. The highest BCUT2D eigenvalue weighted by Crippen LogP contribution is 2.33. The topological polar surface area (TPSA) is 75.7 Å². The van der Waals surface area contributed by atoms with Crippen LogP contribution >= 0.6 is 11.3 Å². The van der Waals surface area contributed by atoms with Gasteiger partial charge in [-0.15, -0.1) is 11.3 Å².